The number of alkyl halides is 6. The summed E-state index contributed by atoms with van der Waals surface area (Å²) in [6.07, 6.45) is -11.3. The van der Waals surface area contributed by atoms with Crippen LogP contribution in [0.5, 0.6) is 0 Å². The average molecular weight is 538 g/mol. The Morgan fingerprint density at radius 2 is 1.58 bits per heavy atom. The molecule has 196 valence electrons. The van der Waals surface area contributed by atoms with Gasteiger partial charge < -0.3 is 14.9 Å². The normalized spacial score (nSPS) is 21.8. The number of β-amino-alcohol motifs (C(OH)–C–C–N with tert-alkyl or cyclic N) is 1. The summed E-state index contributed by atoms with van der Waals surface area (Å²) >= 11 is 5.86. The second-order valence-corrected chi connectivity index (χ2v) is 9.15. The predicted octanol–water partition coefficient (Wildman–Crippen LogP) is 3.48. The quantitative estimate of drug-likeness (QED) is 0.605. The number of benzene rings is 1. The molecule has 36 heavy (non-hydrogen) atoms. The van der Waals surface area contributed by atoms with Crippen LogP contribution in [0.1, 0.15) is 27.4 Å². The minimum Gasteiger partial charge on any atom is -0.390 e. The van der Waals surface area contributed by atoms with Gasteiger partial charge in [-0.3, -0.25) is 9.69 Å². The van der Waals surface area contributed by atoms with Crippen molar-refractivity contribution in [2.45, 2.75) is 31.4 Å². The van der Waals surface area contributed by atoms with Crippen LogP contribution >= 0.6 is 11.6 Å². The fourth-order valence-electron chi connectivity index (χ4n) is 4.55. The first kappa shape index (κ1) is 26.4. The SMILES string of the molecule is Cc1c(N2C[C@@H](O)[C@H](N3CCN(C(=O)c4ccc(Cl)cc4)CC3)C2)nc(C(F)(F)F)nc1C(F)(F)F. The Labute approximate surface area is 207 Å². The number of halogens is 7. The van der Waals surface area contributed by atoms with Crippen molar-refractivity contribution in [1.82, 2.24) is 19.8 Å². The first-order valence-electron chi connectivity index (χ1n) is 11.0. The van der Waals surface area contributed by atoms with E-state index < -0.39 is 47.4 Å². The number of anilines is 1. The molecule has 2 aromatic rings. The van der Waals surface area contributed by atoms with Gasteiger partial charge in [0.1, 0.15) is 5.82 Å². The maximum absolute atomic E-state index is 13.4. The largest absolute Gasteiger partial charge is 0.451 e. The zero-order chi connectivity index (χ0) is 26.4. The van der Waals surface area contributed by atoms with Gasteiger partial charge in [-0.25, -0.2) is 9.97 Å². The lowest BCUT2D eigenvalue weighted by Crippen LogP contribution is -2.54. The Morgan fingerprint density at radius 1 is 0.972 bits per heavy atom. The highest BCUT2D eigenvalue weighted by Gasteiger charge is 2.44. The van der Waals surface area contributed by atoms with Gasteiger partial charge in [-0.05, 0) is 31.2 Å². The molecule has 0 saturated carbocycles. The van der Waals surface area contributed by atoms with Crippen molar-refractivity contribution in [2.24, 2.45) is 0 Å². The highest BCUT2D eigenvalue weighted by atomic mass is 35.5. The van der Waals surface area contributed by atoms with Gasteiger partial charge in [0.05, 0.1) is 12.1 Å². The van der Waals surface area contributed by atoms with Gasteiger partial charge in [0.2, 0.25) is 5.82 Å². The molecule has 2 fully saturated rings. The van der Waals surface area contributed by atoms with Crippen molar-refractivity contribution in [2.75, 3.05) is 44.2 Å². The Morgan fingerprint density at radius 3 is 2.14 bits per heavy atom. The molecular formula is C22H22ClF6N5O2. The number of aliphatic hydroxyl groups is 1. The minimum absolute atomic E-state index is 0.0290. The van der Waals surface area contributed by atoms with E-state index in [2.05, 4.69) is 9.97 Å². The standard InChI is InChI=1S/C22H22ClF6N5O2/c1-12-17(21(24,25)26)30-20(22(27,28)29)31-18(12)34-10-15(16(35)11-34)32-6-8-33(9-7-32)19(36)13-2-4-14(23)5-3-13/h2-5,15-16,35H,6-11H2,1H3/t15-,16-/m1/s1. The van der Waals surface area contributed by atoms with E-state index in [0.717, 1.165) is 6.92 Å². The number of rotatable bonds is 3. The van der Waals surface area contributed by atoms with Gasteiger partial charge >= 0.3 is 12.4 Å². The lowest BCUT2D eigenvalue weighted by molar-refractivity contribution is -0.152. The summed E-state index contributed by atoms with van der Waals surface area (Å²) in [7, 11) is 0. The van der Waals surface area contributed by atoms with E-state index in [9.17, 15) is 36.2 Å². The van der Waals surface area contributed by atoms with E-state index >= 15 is 0 Å². The molecule has 2 aliphatic heterocycles. The number of carbonyl (C=O) groups excluding carboxylic acids is 1. The summed E-state index contributed by atoms with van der Waals surface area (Å²) in [6, 6.07) is 5.89. The van der Waals surface area contributed by atoms with E-state index in [1.165, 1.54) is 4.90 Å². The first-order chi connectivity index (χ1) is 16.8. The van der Waals surface area contributed by atoms with E-state index in [-0.39, 0.29) is 19.0 Å². The number of amides is 1. The van der Waals surface area contributed by atoms with Crippen LogP contribution < -0.4 is 4.90 Å². The molecule has 1 aromatic heterocycles. The maximum Gasteiger partial charge on any atom is 0.451 e. The minimum atomic E-state index is -5.17. The molecule has 0 spiro atoms. The number of hydrogen-bond acceptors (Lipinski definition) is 6. The monoisotopic (exact) mass is 537 g/mol. The smallest absolute Gasteiger partial charge is 0.390 e. The molecule has 2 saturated heterocycles. The third-order valence-electron chi connectivity index (χ3n) is 6.36. The van der Waals surface area contributed by atoms with Gasteiger partial charge in [-0.1, -0.05) is 11.6 Å². The molecule has 1 N–H and O–H groups in total. The second kappa shape index (κ2) is 9.67. The van der Waals surface area contributed by atoms with Crippen LogP contribution in [0, 0.1) is 6.92 Å². The van der Waals surface area contributed by atoms with Crippen LogP contribution in [0.15, 0.2) is 24.3 Å². The van der Waals surface area contributed by atoms with Crippen molar-refractivity contribution in [1.29, 1.82) is 0 Å². The number of hydrogen-bond donors (Lipinski definition) is 1. The van der Waals surface area contributed by atoms with Crippen molar-refractivity contribution in [3.05, 3.63) is 51.9 Å². The molecule has 3 heterocycles. The van der Waals surface area contributed by atoms with E-state index in [4.69, 9.17) is 11.6 Å². The molecule has 0 aliphatic carbocycles. The van der Waals surface area contributed by atoms with Gasteiger partial charge in [0.15, 0.2) is 5.69 Å². The lowest BCUT2D eigenvalue weighted by atomic mass is 10.1. The van der Waals surface area contributed by atoms with Crippen LogP contribution in [0.2, 0.25) is 5.02 Å². The summed E-state index contributed by atoms with van der Waals surface area (Å²) in [5.41, 5.74) is -1.73. The maximum atomic E-state index is 13.4. The third-order valence-corrected chi connectivity index (χ3v) is 6.61. The fraction of sp³-hybridized carbons (Fsp3) is 0.500. The summed E-state index contributed by atoms with van der Waals surface area (Å²) in [6.45, 7) is 2.22. The third kappa shape index (κ3) is 5.37. The zero-order valence-electron chi connectivity index (χ0n) is 18.9. The summed E-state index contributed by atoms with van der Waals surface area (Å²) in [5.74, 6) is -2.58. The molecule has 1 aromatic carbocycles. The topological polar surface area (TPSA) is 72.8 Å². The van der Waals surface area contributed by atoms with E-state index in [1.807, 2.05) is 4.90 Å². The lowest BCUT2D eigenvalue weighted by Gasteiger charge is -2.38. The Bertz CT molecular complexity index is 1120. The molecule has 2 aliphatic rings. The van der Waals surface area contributed by atoms with Gasteiger partial charge in [-0.15, -0.1) is 0 Å². The Balaban J connectivity index is 1.48. The van der Waals surface area contributed by atoms with Crippen molar-refractivity contribution < 1.29 is 36.2 Å². The Hall–Kier alpha value is -2.64. The van der Waals surface area contributed by atoms with Gasteiger partial charge in [0, 0.05) is 55.4 Å². The summed E-state index contributed by atoms with van der Waals surface area (Å²) in [4.78, 5) is 23.6. The highest BCUT2D eigenvalue weighted by Crippen LogP contribution is 2.38. The van der Waals surface area contributed by atoms with Crippen molar-refractivity contribution in [3.8, 4) is 0 Å². The molecule has 0 radical (unpaired) electrons. The first-order valence-corrected chi connectivity index (χ1v) is 11.4. The number of aliphatic hydroxyl groups excluding tert-OH is 1. The average Bonchev–Trinajstić information content (AvgIpc) is 3.19. The summed E-state index contributed by atoms with van der Waals surface area (Å²) in [5, 5.41) is 11.1. The molecular weight excluding hydrogens is 516 g/mol. The molecule has 1 amide bonds. The Kier molecular flexibility index (Phi) is 7.10. The van der Waals surface area contributed by atoms with Crippen LogP contribution in [0.3, 0.4) is 0 Å². The number of aromatic nitrogens is 2. The van der Waals surface area contributed by atoms with E-state index in [1.54, 1.807) is 29.2 Å². The zero-order valence-corrected chi connectivity index (χ0v) is 19.7. The molecule has 2 atom stereocenters. The van der Waals surface area contributed by atoms with Crippen molar-refractivity contribution >= 4 is 23.3 Å². The van der Waals surface area contributed by atoms with Crippen molar-refractivity contribution in [3.63, 3.8) is 0 Å². The molecule has 7 nitrogen and oxygen atoms in total. The van der Waals surface area contributed by atoms with Crippen LogP contribution in [-0.2, 0) is 12.4 Å². The summed E-state index contributed by atoms with van der Waals surface area (Å²) < 4.78 is 79.9. The molecule has 0 bridgehead atoms. The number of carbonyl (C=O) groups is 1. The van der Waals surface area contributed by atoms with Crippen LogP contribution in [-0.4, -0.2) is 82.2 Å². The number of nitrogens with zero attached hydrogens (tertiary/aromatic N) is 5. The molecule has 4 rings (SSSR count). The van der Waals surface area contributed by atoms with Crippen LogP contribution in [0.25, 0.3) is 0 Å². The molecule has 14 heteroatoms. The van der Waals surface area contributed by atoms with Gasteiger partial charge in [0.25, 0.3) is 5.91 Å². The number of piperazine rings is 1. The highest BCUT2D eigenvalue weighted by molar-refractivity contribution is 6.30. The van der Waals surface area contributed by atoms with Gasteiger partial charge in [-0.2, -0.15) is 26.3 Å². The second-order valence-electron chi connectivity index (χ2n) is 8.71. The van der Waals surface area contributed by atoms with Crippen LogP contribution in [0.4, 0.5) is 32.2 Å². The molecule has 0 unspecified atom stereocenters. The van der Waals surface area contributed by atoms with E-state index in [0.29, 0.717) is 36.8 Å². The predicted molar refractivity (Wildman–Crippen MR) is 118 cm³/mol. The fourth-order valence-corrected chi connectivity index (χ4v) is 4.67.